The van der Waals surface area contributed by atoms with E-state index < -0.39 is 9.04 Å². The van der Waals surface area contributed by atoms with Gasteiger partial charge in [-0.1, -0.05) is 31.0 Å². The zero-order chi connectivity index (χ0) is 12.3. The van der Waals surface area contributed by atoms with E-state index in [1.165, 1.54) is 25.3 Å². The van der Waals surface area contributed by atoms with Gasteiger partial charge in [0.15, 0.2) is 9.76 Å². The highest BCUT2D eigenvalue weighted by atomic mass is 28.3. The van der Waals surface area contributed by atoms with Gasteiger partial charge in [-0.05, 0) is 37.7 Å². The molecule has 0 unspecified atom stereocenters. The van der Waals surface area contributed by atoms with Crippen LogP contribution in [0.4, 0.5) is 0 Å². The van der Waals surface area contributed by atoms with Crippen molar-refractivity contribution >= 4 is 18.8 Å². The second-order valence-electron chi connectivity index (χ2n) is 4.03. The van der Waals surface area contributed by atoms with Crippen LogP contribution in [-0.2, 0) is 4.43 Å². The molecule has 1 aromatic rings. The third kappa shape index (κ3) is 7.36. The zero-order valence-electron chi connectivity index (χ0n) is 10.8. The third-order valence-corrected chi connectivity index (χ3v) is 4.70. The lowest BCUT2D eigenvalue weighted by Gasteiger charge is -2.12. The molecular weight excluding hydrogens is 244 g/mol. The Labute approximate surface area is 109 Å². The number of rotatable bonds is 9. The van der Waals surface area contributed by atoms with Crippen LogP contribution in [0.3, 0.4) is 0 Å². The van der Waals surface area contributed by atoms with Crippen molar-refractivity contribution in [3.63, 3.8) is 0 Å². The summed E-state index contributed by atoms with van der Waals surface area (Å²) in [6, 6.07) is 11.4. The van der Waals surface area contributed by atoms with Gasteiger partial charge in [0.25, 0.3) is 9.04 Å². The van der Waals surface area contributed by atoms with E-state index in [1.807, 2.05) is 30.3 Å². The number of benzene rings is 1. The van der Waals surface area contributed by atoms with Crippen molar-refractivity contribution in [1.82, 2.24) is 0 Å². The molecule has 0 heterocycles. The molecule has 0 atom stereocenters. The van der Waals surface area contributed by atoms with Gasteiger partial charge in [-0.25, -0.2) is 0 Å². The van der Waals surface area contributed by atoms with Crippen LogP contribution in [0.15, 0.2) is 30.3 Å². The van der Waals surface area contributed by atoms with Crippen LogP contribution < -0.4 is 4.43 Å². The fraction of sp³-hybridized carbons (Fsp3) is 0.538. The van der Waals surface area contributed by atoms with Crippen molar-refractivity contribution in [3.8, 4) is 5.75 Å². The van der Waals surface area contributed by atoms with E-state index >= 15 is 0 Å². The smallest absolute Gasteiger partial charge is 0.277 e. The highest BCUT2D eigenvalue weighted by Gasteiger charge is 2.07. The molecule has 0 N–H and O–H groups in total. The molecule has 0 aliphatic heterocycles. The van der Waals surface area contributed by atoms with Crippen molar-refractivity contribution < 1.29 is 8.85 Å². The third-order valence-electron chi connectivity index (χ3n) is 2.49. The highest BCUT2D eigenvalue weighted by Crippen LogP contribution is 2.13. The summed E-state index contributed by atoms with van der Waals surface area (Å²) in [5.41, 5.74) is 0. The quantitative estimate of drug-likeness (QED) is 0.504. The molecule has 1 rings (SSSR count). The van der Waals surface area contributed by atoms with Gasteiger partial charge in [-0.2, -0.15) is 0 Å². The topological polar surface area (TPSA) is 18.5 Å². The van der Waals surface area contributed by atoms with Crippen LogP contribution in [0.25, 0.3) is 0 Å². The van der Waals surface area contributed by atoms with Crippen molar-refractivity contribution in [2.75, 3.05) is 6.61 Å². The predicted octanol–water partition coefficient (Wildman–Crippen LogP) is 3.27. The van der Waals surface area contributed by atoms with E-state index in [-0.39, 0.29) is 9.76 Å². The van der Waals surface area contributed by atoms with Crippen LogP contribution in [0.2, 0.25) is 19.1 Å². The average molecular weight is 266 g/mol. The molecule has 2 radical (unpaired) electrons. The zero-order valence-corrected chi connectivity index (χ0v) is 13.0. The minimum atomic E-state index is -0.670. The van der Waals surface area contributed by atoms with Crippen LogP contribution in [0.5, 0.6) is 5.75 Å². The SMILES string of the molecule is C[SiH]OCCCCC[Si](C)Oc1ccccc1. The molecule has 0 fully saturated rings. The van der Waals surface area contributed by atoms with Crippen LogP contribution in [0, 0.1) is 0 Å². The van der Waals surface area contributed by atoms with Gasteiger partial charge >= 0.3 is 0 Å². The van der Waals surface area contributed by atoms with Gasteiger partial charge in [-0.3, -0.25) is 0 Å². The molecule has 2 nitrogen and oxygen atoms in total. The Kier molecular flexibility index (Phi) is 8.04. The molecule has 0 amide bonds. The fourth-order valence-corrected chi connectivity index (χ4v) is 3.39. The Hall–Kier alpha value is -0.586. The van der Waals surface area contributed by atoms with E-state index in [0.717, 1.165) is 12.4 Å². The fourth-order valence-electron chi connectivity index (χ4n) is 1.59. The summed E-state index contributed by atoms with van der Waals surface area (Å²) < 4.78 is 11.3. The normalized spacial score (nSPS) is 10.8. The van der Waals surface area contributed by atoms with Gasteiger partial charge < -0.3 is 8.85 Å². The molecule has 0 aliphatic rings. The van der Waals surface area contributed by atoms with Crippen molar-refractivity contribution in [2.45, 2.75) is 38.4 Å². The molecule has 0 aromatic heterocycles. The second-order valence-corrected chi connectivity index (χ2v) is 6.95. The van der Waals surface area contributed by atoms with Crippen molar-refractivity contribution in [3.05, 3.63) is 30.3 Å². The lowest BCUT2D eigenvalue weighted by Crippen LogP contribution is -2.16. The van der Waals surface area contributed by atoms with E-state index in [4.69, 9.17) is 8.85 Å². The van der Waals surface area contributed by atoms with E-state index in [9.17, 15) is 0 Å². The molecule has 0 saturated heterocycles. The maximum atomic E-state index is 5.92. The van der Waals surface area contributed by atoms with Crippen LogP contribution in [-0.4, -0.2) is 25.4 Å². The first-order valence-electron chi connectivity index (χ1n) is 6.27. The van der Waals surface area contributed by atoms with Crippen LogP contribution >= 0.6 is 0 Å². The minimum Gasteiger partial charge on any atom is -0.542 e. The molecule has 94 valence electrons. The van der Waals surface area contributed by atoms with Crippen molar-refractivity contribution in [2.24, 2.45) is 0 Å². The Morgan fingerprint density at radius 1 is 1.12 bits per heavy atom. The molecule has 17 heavy (non-hydrogen) atoms. The van der Waals surface area contributed by atoms with Crippen LogP contribution in [0.1, 0.15) is 19.3 Å². The summed E-state index contributed by atoms with van der Waals surface area (Å²) in [5, 5.41) is 0. The van der Waals surface area contributed by atoms with Gasteiger partial charge in [0, 0.05) is 6.61 Å². The van der Waals surface area contributed by atoms with E-state index in [1.54, 1.807) is 0 Å². The summed E-state index contributed by atoms with van der Waals surface area (Å²) in [4.78, 5) is 0. The summed E-state index contributed by atoms with van der Waals surface area (Å²) in [7, 11) is -0.453. The second kappa shape index (κ2) is 9.44. The Balaban J connectivity index is 2.03. The first-order valence-corrected chi connectivity index (χ1v) is 10.0. The summed E-state index contributed by atoms with van der Waals surface area (Å²) in [6.07, 6.45) is 3.72. The van der Waals surface area contributed by atoms with Crippen molar-refractivity contribution in [1.29, 1.82) is 0 Å². The van der Waals surface area contributed by atoms with Gasteiger partial charge in [0.2, 0.25) is 0 Å². The van der Waals surface area contributed by atoms with E-state index in [2.05, 4.69) is 13.1 Å². The van der Waals surface area contributed by atoms with Gasteiger partial charge in [0.1, 0.15) is 5.75 Å². The van der Waals surface area contributed by atoms with E-state index in [0.29, 0.717) is 0 Å². The molecule has 0 saturated carbocycles. The number of para-hydroxylation sites is 1. The maximum absolute atomic E-state index is 5.92. The number of hydrogen-bond donors (Lipinski definition) is 0. The molecule has 0 aliphatic carbocycles. The molecule has 0 bridgehead atoms. The largest absolute Gasteiger partial charge is 0.542 e. The highest BCUT2D eigenvalue weighted by molar-refractivity contribution is 6.51. The Morgan fingerprint density at radius 2 is 1.88 bits per heavy atom. The minimum absolute atomic E-state index is 0.217. The van der Waals surface area contributed by atoms with Gasteiger partial charge in [-0.15, -0.1) is 0 Å². The van der Waals surface area contributed by atoms with Gasteiger partial charge in [0.05, 0.1) is 0 Å². The summed E-state index contributed by atoms with van der Waals surface area (Å²) in [5.74, 6) is 1.02. The molecule has 0 spiro atoms. The monoisotopic (exact) mass is 266 g/mol. The predicted molar refractivity (Wildman–Crippen MR) is 76.3 cm³/mol. The summed E-state index contributed by atoms with van der Waals surface area (Å²) in [6.45, 7) is 5.31. The lowest BCUT2D eigenvalue weighted by molar-refractivity contribution is 0.325. The number of unbranched alkanes of at least 4 members (excludes halogenated alkanes) is 2. The first-order chi connectivity index (χ1) is 8.33. The standard InChI is InChI=1S/C13H22O2Si2/c1-16-14-11-7-4-8-12-17(2)15-13-9-5-3-6-10-13/h3,5-6,9-10,16H,4,7-8,11-12H2,1-2H3. The molecule has 1 aromatic carbocycles. The Morgan fingerprint density at radius 3 is 2.59 bits per heavy atom. The Bertz CT molecular complexity index is 280. The average Bonchev–Trinajstić information content (AvgIpc) is 2.35. The lowest BCUT2D eigenvalue weighted by atomic mass is 10.3. The molecular formula is C13H22O2Si2. The number of hydrogen-bond acceptors (Lipinski definition) is 2. The first kappa shape index (κ1) is 14.5. The summed E-state index contributed by atoms with van der Waals surface area (Å²) >= 11 is 0. The molecule has 4 heteroatoms. The maximum Gasteiger partial charge on any atom is 0.277 e.